The van der Waals surface area contributed by atoms with E-state index in [4.69, 9.17) is 23.6 Å². The summed E-state index contributed by atoms with van der Waals surface area (Å²) < 4.78 is 53.8. The standard InChI is InChI=1S/C44H60FN4O8PS/c1-2-3-4-5-6-7-8-9-10-11-12-13-14-15-16-23-32-54-58(53,55-33-24-30-46)56-34-37-40(57-43(51)36-27-21-18-22-28-36)39(45)42(59-37)49-31-29-38(48-44(49)52)47-41(50)35-25-19-17-20-26-35/h17-22,25-29,31,37,39-40,42H,2-16,23-24,32-34H2,1H3,(H,47,48,50,52)/t37-,39+,40-,42-,58?/m1/s1. The molecular formula is C44H60FN4O8PS. The van der Waals surface area contributed by atoms with E-state index in [-0.39, 0.29) is 31.0 Å². The Hall–Kier alpha value is -3.86. The third-order valence-corrected chi connectivity index (χ3v) is 13.0. The van der Waals surface area contributed by atoms with Gasteiger partial charge in [-0.05, 0) is 36.8 Å². The van der Waals surface area contributed by atoms with E-state index < -0.39 is 54.9 Å². The average molecular weight is 855 g/mol. The zero-order valence-corrected chi connectivity index (χ0v) is 35.9. The normalized spacial score (nSPS) is 18.5. The van der Waals surface area contributed by atoms with Gasteiger partial charge in [-0.15, -0.1) is 11.8 Å². The van der Waals surface area contributed by atoms with Crippen LogP contribution in [-0.2, 0) is 22.9 Å². The van der Waals surface area contributed by atoms with Gasteiger partial charge < -0.3 is 10.1 Å². The first-order valence-electron chi connectivity index (χ1n) is 21.2. The van der Waals surface area contributed by atoms with Crippen LogP contribution in [0.2, 0.25) is 0 Å². The summed E-state index contributed by atoms with van der Waals surface area (Å²) in [6.45, 7) is 1.71. The first-order chi connectivity index (χ1) is 28.7. The van der Waals surface area contributed by atoms with Gasteiger partial charge in [-0.2, -0.15) is 10.2 Å². The van der Waals surface area contributed by atoms with Gasteiger partial charge in [0.2, 0.25) is 0 Å². The van der Waals surface area contributed by atoms with E-state index in [9.17, 15) is 18.9 Å². The van der Waals surface area contributed by atoms with Crippen molar-refractivity contribution in [2.24, 2.45) is 0 Å². The van der Waals surface area contributed by atoms with Gasteiger partial charge in [0, 0.05) is 11.8 Å². The van der Waals surface area contributed by atoms with E-state index in [1.807, 2.05) is 6.07 Å². The minimum atomic E-state index is -4.23. The van der Waals surface area contributed by atoms with Crippen LogP contribution in [0.25, 0.3) is 0 Å². The van der Waals surface area contributed by atoms with Crippen LogP contribution in [0.5, 0.6) is 0 Å². The third kappa shape index (κ3) is 17.0. The smallest absolute Gasteiger partial charge is 0.454 e. The zero-order chi connectivity index (χ0) is 42.1. The number of esters is 1. The van der Waals surface area contributed by atoms with Gasteiger partial charge in [0.15, 0.2) is 12.3 Å². The van der Waals surface area contributed by atoms with E-state index in [0.29, 0.717) is 12.0 Å². The lowest BCUT2D eigenvalue weighted by Crippen LogP contribution is -2.37. The van der Waals surface area contributed by atoms with Crippen molar-refractivity contribution in [2.75, 3.05) is 25.1 Å². The second-order valence-electron chi connectivity index (χ2n) is 14.7. The number of ether oxygens (including phenoxy) is 1. The fourth-order valence-corrected chi connectivity index (χ4v) is 9.52. The van der Waals surface area contributed by atoms with Crippen molar-refractivity contribution in [3.05, 3.63) is 94.5 Å². The number of hydrogen-bond acceptors (Lipinski definition) is 11. The minimum absolute atomic E-state index is 0.0256. The monoisotopic (exact) mass is 854 g/mol. The van der Waals surface area contributed by atoms with Crippen LogP contribution >= 0.6 is 19.6 Å². The molecule has 15 heteroatoms. The molecule has 2 heterocycles. The van der Waals surface area contributed by atoms with Gasteiger partial charge in [-0.1, -0.05) is 140 Å². The van der Waals surface area contributed by atoms with E-state index in [1.165, 1.54) is 101 Å². The number of alkyl halides is 1. The topological polar surface area (TPSA) is 159 Å². The maximum absolute atomic E-state index is 16.4. The molecule has 0 aliphatic carbocycles. The first kappa shape index (κ1) is 47.8. The van der Waals surface area contributed by atoms with Crippen molar-refractivity contribution in [1.29, 1.82) is 5.26 Å². The minimum Gasteiger partial charge on any atom is -0.454 e. The Kier molecular flexibility index (Phi) is 21.9. The number of thioether (sulfide) groups is 1. The predicted molar refractivity (Wildman–Crippen MR) is 229 cm³/mol. The van der Waals surface area contributed by atoms with E-state index >= 15 is 4.39 Å². The number of benzene rings is 2. The Bertz CT molecular complexity index is 1830. The van der Waals surface area contributed by atoms with Gasteiger partial charge in [0.25, 0.3) is 5.91 Å². The van der Waals surface area contributed by atoms with Gasteiger partial charge >= 0.3 is 19.5 Å². The molecule has 2 aromatic carbocycles. The number of aromatic nitrogens is 2. The molecule has 0 saturated carbocycles. The molecule has 5 atom stereocenters. The summed E-state index contributed by atoms with van der Waals surface area (Å²) in [6.07, 6.45) is 17.2. The van der Waals surface area contributed by atoms with Crippen LogP contribution in [0.1, 0.15) is 142 Å². The maximum Gasteiger partial charge on any atom is 0.474 e. The summed E-state index contributed by atoms with van der Waals surface area (Å²) in [5.41, 5.74) is -0.293. The quantitative estimate of drug-likeness (QED) is 0.0402. The second kappa shape index (κ2) is 27.1. The van der Waals surface area contributed by atoms with E-state index in [2.05, 4.69) is 17.2 Å². The lowest BCUT2D eigenvalue weighted by molar-refractivity contribution is 0.00106. The number of phosphoric acid groups is 1. The van der Waals surface area contributed by atoms with Gasteiger partial charge in [0.05, 0.1) is 43.1 Å². The van der Waals surface area contributed by atoms with Crippen molar-refractivity contribution >= 4 is 37.3 Å². The Morgan fingerprint density at radius 3 is 1.90 bits per heavy atom. The Morgan fingerprint density at radius 2 is 1.34 bits per heavy atom. The van der Waals surface area contributed by atoms with Crippen LogP contribution in [-0.4, -0.2) is 58.8 Å². The van der Waals surface area contributed by atoms with Crippen LogP contribution in [0, 0.1) is 11.3 Å². The molecule has 0 bridgehead atoms. The van der Waals surface area contributed by atoms with Crippen LogP contribution < -0.4 is 11.0 Å². The molecule has 59 heavy (non-hydrogen) atoms. The van der Waals surface area contributed by atoms with Gasteiger partial charge in [-0.25, -0.2) is 18.5 Å². The fourth-order valence-electron chi connectivity index (χ4n) is 6.72. The van der Waals surface area contributed by atoms with Crippen LogP contribution in [0.4, 0.5) is 10.2 Å². The summed E-state index contributed by atoms with van der Waals surface area (Å²) in [5, 5.41) is 9.45. The number of phosphoric ester groups is 1. The number of halogens is 1. The van der Waals surface area contributed by atoms with Crippen molar-refractivity contribution < 1.29 is 36.9 Å². The zero-order valence-electron chi connectivity index (χ0n) is 34.2. The van der Waals surface area contributed by atoms with Crippen LogP contribution in [0.3, 0.4) is 0 Å². The summed E-state index contributed by atoms with van der Waals surface area (Å²) in [6, 6.07) is 19.8. The third-order valence-electron chi connectivity index (χ3n) is 10.0. The summed E-state index contributed by atoms with van der Waals surface area (Å²) in [5.74, 6) is -1.29. The molecule has 3 aromatic rings. The molecule has 4 rings (SSSR count). The Labute approximate surface area is 352 Å². The largest absolute Gasteiger partial charge is 0.474 e. The molecule has 322 valence electrons. The molecule has 0 radical (unpaired) electrons. The summed E-state index contributed by atoms with van der Waals surface area (Å²) >= 11 is 0.941. The first-order valence-corrected chi connectivity index (χ1v) is 23.6. The van der Waals surface area contributed by atoms with Crippen molar-refractivity contribution in [3.63, 3.8) is 0 Å². The molecule has 1 aliphatic rings. The van der Waals surface area contributed by atoms with Crippen molar-refractivity contribution in [2.45, 2.75) is 139 Å². The van der Waals surface area contributed by atoms with Crippen molar-refractivity contribution in [3.8, 4) is 6.07 Å². The molecular weight excluding hydrogens is 795 g/mol. The van der Waals surface area contributed by atoms with Crippen LogP contribution in [0.15, 0.2) is 77.7 Å². The number of unbranched alkanes of at least 4 members (excludes halogenated alkanes) is 15. The highest BCUT2D eigenvalue weighted by atomic mass is 32.2. The number of nitriles is 1. The highest BCUT2D eigenvalue weighted by Crippen LogP contribution is 2.52. The number of anilines is 1. The predicted octanol–water partition coefficient (Wildman–Crippen LogP) is 11.0. The number of carbonyl (C=O) groups is 2. The number of amides is 1. The maximum atomic E-state index is 16.4. The lowest BCUT2D eigenvalue weighted by Gasteiger charge is -2.23. The highest BCUT2D eigenvalue weighted by Gasteiger charge is 2.49. The molecule has 1 N–H and O–H groups in total. The van der Waals surface area contributed by atoms with Gasteiger partial charge in [0.1, 0.15) is 11.2 Å². The van der Waals surface area contributed by atoms with E-state index in [0.717, 1.165) is 35.6 Å². The summed E-state index contributed by atoms with van der Waals surface area (Å²) in [7, 11) is -4.23. The number of rotatable bonds is 29. The molecule has 1 amide bonds. The SMILES string of the molecule is CCCCCCCCCCCCCCCCCCOP(=O)(OCCC#N)OC[C@H]1S[C@@H](n2ccc(NC(=O)c3ccccc3)nc2=O)[C@@H](F)[C@@H]1OC(=O)c1ccccc1. The molecule has 0 spiro atoms. The molecule has 1 fully saturated rings. The number of nitrogens with one attached hydrogen (secondary N) is 1. The Morgan fingerprint density at radius 1 is 0.797 bits per heavy atom. The van der Waals surface area contributed by atoms with Crippen molar-refractivity contribution in [1.82, 2.24) is 9.55 Å². The van der Waals surface area contributed by atoms with Gasteiger partial charge in [-0.3, -0.25) is 22.9 Å². The second-order valence-corrected chi connectivity index (χ2v) is 17.7. The summed E-state index contributed by atoms with van der Waals surface area (Å²) in [4.78, 5) is 42.9. The number of carbonyl (C=O) groups excluding carboxylic acids is 2. The highest BCUT2D eigenvalue weighted by molar-refractivity contribution is 8.00. The lowest BCUT2D eigenvalue weighted by atomic mass is 10.0. The number of hydrogen-bond donors (Lipinski definition) is 1. The molecule has 1 saturated heterocycles. The number of nitrogens with zero attached hydrogens (tertiary/aromatic N) is 3. The molecule has 12 nitrogen and oxygen atoms in total. The molecule has 1 unspecified atom stereocenters. The average Bonchev–Trinajstić information content (AvgIpc) is 3.55. The fraction of sp³-hybridized carbons (Fsp3) is 0.568. The van der Waals surface area contributed by atoms with E-state index in [1.54, 1.807) is 48.5 Å². The Balaban J connectivity index is 1.30. The molecule has 1 aromatic heterocycles. The molecule has 1 aliphatic heterocycles.